The topological polar surface area (TPSA) is 38.8 Å². The van der Waals surface area contributed by atoms with Gasteiger partial charge in [0.25, 0.3) is 0 Å². The summed E-state index contributed by atoms with van der Waals surface area (Å²) >= 11 is 0. The van der Waals surface area contributed by atoms with E-state index in [9.17, 15) is 4.79 Å². The molecule has 4 nitrogen and oxygen atoms in total. The van der Waals surface area contributed by atoms with Crippen LogP contribution >= 0.6 is 0 Å². The van der Waals surface area contributed by atoms with Gasteiger partial charge >= 0.3 is 0 Å². The van der Waals surface area contributed by atoms with Gasteiger partial charge in [-0.25, -0.2) is 0 Å². The first-order chi connectivity index (χ1) is 11.2. The van der Waals surface area contributed by atoms with E-state index in [1.807, 2.05) is 0 Å². The van der Waals surface area contributed by atoms with Crippen molar-refractivity contribution in [3.63, 3.8) is 0 Å². The summed E-state index contributed by atoms with van der Waals surface area (Å²) in [6.45, 7) is 0.876. The van der Waals surface area contributed by atoms with Gasteiger partial charge in [-0.1, -0.05) is 6.08 Å². The van der Waals surface area contributed by atoms with Crippen LogP contribution in [0.15, 0.2) is 18.2 Å². The van der Waals surface area contributed by atoms with Gasteiger partial charge in [-0.15, -0.1) is 0 Å². The first kappa shape index (κ1) is 14.6. The molecule has 0 N–H and O–H groups in total. The summed E-state index contributed by atoms with van der Waals surface area (Å²) in [4.78, 5) is 14.5. The van der Waals surface area contributed by atoms with Crippen molar-refractivity contribution in [2.45, 2.75) is 38.1 Å². The van der Waals surface area contributed by atoms with Gasteiger partial charge in [0.1, 0.15) is 0 Å². The fraction of sp³-hybridized carbons (Fsp3) is 0.526. The molecule has 1 heterocycles. The molecule has 1 aromatic rings. The summed E-state index contributed by atoms with van der Waals surface area (Å²) in [5.74, 6) is 2.24. The van der Waals surface area contributed by atoms with E-state index >= 15 is 0 Å². The SMILES string of the molecule is COc1cc2c(cc1OC)C(N1CCCC1=O)C1CCCC=C21. The third-order valence-electron chi connectivity index (χ3n) is 5.50. The lowest BCUT2D eigenvalue weighted by molar-refractivity contribution is -0.130. The normalized spacial score (nSPS) is 25.9. The van der Waals surface area contributed by atoms with Gasteiger partial charge in [-0.2, -0.15) is 0 Å². The highest BCUT2D eigenvalue weighted by Gasteiger charge is 2.44. The van der Waals surface area contributed by atoms with E-state index in [0.717, 1.165) is 37.3 Å². The van der Waals surface area contributed by atoms with Crippen molar-refractivity contribution in [2.24, 2.45) is 5.92 Å². The van der Waals surface area contributed by atoms with Gasteiger partial charge in [0, 0.05) is 18.9 Å². The van der Waals surface area contributed by atoms with Gasteiger partial charge in [0.2, 0.25) is 5.91 Å². The number of benzene rings is 1. The highest BCUT2D eigenvalue weighted by molar-refractivity contribution is 5.83. The molecule has 1 aromatic carbocycles. The minimum absolute atomic E-state index is 0.173. The number of fused-ring (bicyclic) bond motifs is 3. The molecule has 4 heteroatoms. The molecule has 1 saturated heterocycles. The number of rotatable bonds is 3. The van der Waals surface area contributed by atoms with E-state index in [1.165, 1.54) is 23.1 Å². The molecule has 1 amide bonds. The number of ether oxygens (including phenoxy) is 2. The van der Waals surface area contributed by atoms with Crippen molar-refractivity contribution >= 4 is 11.5 Å². The van der Waals surface area contributed by atoms with Crippen molar-refractivity contribution in [3.8, 4) is 11.5 Å². The number of hydrogen-bond acceptors (Lipinski definition) is 3. The first-order valence-corrected chi connectivity index (χ1v) is 8.50. The lowest BCUT2D eigenvalue weighted by Crippen LogP contribution is -2.33. The number of allylic oxidation sites excluding steroid dienone is 1. The molecule has 0 saturated carbocycles. The zero-order chi connectivity index (χ0) is 16.0. The van der Waals surface area contributed by atoms with Crippen molar-refractivity contribution in [2.75, 3.05) is 20.8 Å². The Morgan fingerprint density at radius 1 is 1.13 bits per heavy atom. The maximum Gasteiger partial charge on any atom is 0.223 e. The quantitative estimate of drug-likeness (QED) is 0.856. The van der Waals surface area contributed by atoms with Gasteiger partial charge in [-0.05, 0) is 54.5 Å². The Hall–Kier alpha value is -1.97. The molecule has 4 rings (SSSR count). The molecule has 2 atom stereocenters. The van der Waals surface area contributed by atoms with E-state index in [2.05, 4.69) is 23.1 Å². The largest absolute Gasteiger partial charge is 0.493 e. The predicted molar refractivity (Wildman–Crippen MR) is 88.6 cm³/mol. The fourth-order valence-corrected chi connectivity index (χ4v) is 4.49. The summed E-state index contributed by atoms with van der Waals surface area (Å²) in [6, 6.07) is 4.36. The van der Waals surface area contributed by atoms with Crippen LogP contribution in [0.5, 0.6) is 11.5 Å². The van der Waals surface area contributed by atoms with Crippen LogP contribution in [-0.2, 0) is 4.79 Å². The number of carbonyl (C=O) groups is 1. The minimum atomic E-state index is 0.173. The average Bonchev–Trinajstić information content (AvgIpc) is 3.14. The number of likely N-dealkylation sites (tertiary alicyclic amines) is 1. The Kier molecular flexibility index (Phi) is 3.55. The Balaban J connectivity index is 1.87. The second-order valence-electron chi connectivity index (χ2n) is 6.63. The average molecular weight is 313 g/mol. The van der Waals surface area contributed by atoms with Gasteiger partial charge in [0.15, 0.2) is 11.5 Å². The minimum Gasteiger partial charge on any atom is -0.493 e. The van der Waals surface area contributed by atoms with Crippen LogP contribution in [0.3, 0.4) is 0 Å². The molecule has 0 radical (unpaired) electrons. The number of amides is 1. The monoisotopic (exact) mass is 313 g/mol. The molecule has 122 valence electrons. The lowest BCUT2D eigenvalue weighted by Gasteiger charge is -2.32. The Bertz CT molecular complexity index is 679. The zero-order valence-corrected chi connectivity index (χ0v) is 13.8. The first-order valence-electron chi connectivity index (χ1n) is 8.50. The lowest BCUT2D eigenvalue weighted by atomic mass is 9.85. The predicted octanol–water partition coefficient (Wildman–Crippen LogP) is 3.56. The number of methoxy groups -OCH3 is 2. The summed E-state index contributed by atoms with van der Waals surface area (Å²) in [6.07, 6.45) is 7.50. The van der Waals surface area contributed by atoms with Crippen molar-refractivity contribution in [3.05, 3.63) is 29.3 Å². The molecule has 1 fully saturated rings. The fourth-order valence-electron chi connectivity index (χ4n) is 4.49. The molecule has 0 bridgehead atoms. The summed E-state index contributed by atoms with van der Waals surface area (Å²) in [7, 11) is 3.34. The van der Waals surface area contributed by atoms with Crippen molar-refractivity contribution < 1.29 is 14.3 Å². The van der Waals surface area contributed by atoms with Crippen LogP contribution in [0.25, 0.3) is 5.57 Å². The highest BCUT2D eigenvalue weighted by Crippen LogP contribution is 2.54. The number of nitrogens with zero attached hydrogens (tertiary/aromatic N) is 1. The summed E-state index contributed by atoms with van der Waals surface area (Å²) < 4.78 is 11.0. The van der Waals surface area contributed by atoms with E-state index in [0.29, 0.717) is 18.2 Å². The summed E-state index contributed by atoms with van der Waals surface area (Å²) in [5, 5.41) is 0. The zero-order valence-electron chi connectivity index (χ0n) is 13.8. The molecule has 23 heavy (non-hydrogen) atoms. The smallest absolute Gasteiger partial charge is 0.223 e. The molecule has 3 aliphatic rings. The van der Waals surface area contributed by atoms with Crippen LogP contribution in [0.4, 0.5) is 0 Å². The van der Waals surface area contributed by atoms with Gasteiger partial charge < -0.3 is 14.4 Å². The number of hydrogen-bond donors (Lipinski definition) is 0. The molecule has 2 aliphatic carbocycles. The molecule has 1 aliphatic heterocycles. The van der Waals surface area contributed by atoms with E-state index in [-0.39, 0.29) is 6.04 Å². The second kappa shape index (κ2) is 5.59. The van der Waals surface area contributed by atoms with E-state index in [4.69, 9.17) is 9.47 Å². The second-order valence-corrected chi connectivity index (χ2v) is 6.63. The molecular formula is C19H23NO3. The maximum atomic E-state index is 12.4. The Morgan fingerprint density at radius 3 is 2.61 bits per heavy atom. The number of carbonyl (C=O) groups excluding carboxylic acids is 1. The van der Waals surface area contributed by atoms with Crippen LogP contribution in [-0.4, -0.2) is 31.6 Å². The van der Waals surface area contributed by atoms with Gasteiger partial charge in [-0.3, -0.25) is 4.79 Å². The summed E-state index contributed by atoms with van der Waals surface area (Å²) in [5.41, 5.74) is 3.88. The molecule has 2 unspecified atom stereocenters. The van der Waals surface area contributed by atoms with Crippen LogP contribution < -0.4 is 9.47 Å². The Morgan fingerprint density at radius 2 is 1.91 bits per heavy atom. The van der Waals surface area contributed by atoms with Crippen molar-refractivity contribution in [1.82, 2.24) is 4.90 Å². The third-order valence-corrected chi connectivity index (χ3v) is 5.50. The molecule has 0 aromatic heterocycles. The van der Waals surface area contributed by atoms with Crippen LogP contribution in [0.2, 0.25) is 0 Å². The highest BCUT2D eigenvalue weighted by atomic mass is 16.5. The maximum absolute atomic E-state index is 12.4. The standard InChI is InChI=1S/C19H23NO3/c1-22-16-10-14-12-6-3-4-7-13(12)19(15(14)11-17(16)23-2)20-9-5-8-18(20)21/h6,10-11,13,19H,3-5,7-9H2,1-2H3. The van der Waals surface area contributed by atoms with Crippen LogP contribution in [0, 0.1) is 5.92 Å². The van der Waals surface area contributed by atoms with E-state index in [1.54, 1.807) is 14.2 Å². The molecule has 0 spiro atoms. The van der Waals surface area contributed by atoms with Gasteiger partial charge in [0.05, 0.1) is 20.3 Å². The third kappa shape index (κ3) is 2.15. The Labute approximate surface area is 137 Å². The van der Waals surface area contributed by atoms with Crippen LogP contribution in [0.1, 0.15) is 49.3 Å². The van der Waals surface area contributed by atoms with Crippen molar-refractivity contribution in [1.29, 1.82) is 0 Å². The molecular weight excluding hydrogens is 290 g/mol. The van der Waals surface area contributed by atoms with E-state index < -0.39 is 0 Å².